The number of aromatic nitrogens is 3. The van der Waals surface area contributed by atoms with Gasteiger partial charge in [0.1, 0.15) is 17.7 Å². The first-order valence-corrected chi connectivity index (χ1v) is 13.6. The van der Waals surface area contributed by atoms with Crippen LogP contribution in [0, 0.1) is 18.8 Å². The number of likely N-dealkylation sites (tertiary alicyclic amines) is 2. The molecule has 4 aliphatic rings. The number of rotatable bonds is 3. The first kappa shape index (κ1) is 24.9. The van der Waals surface area contributed by atoms with Gasteiger partial charge >= 0.3 is 0 Å². The van der Waals surface area contributed by atoms with Crippen LogP contribution in [0.4, 0.5) is 17.3 Å². The van der Waals surface area contributed by atoms with Gasteiger partial charge in [0.05, 0.1) is 24.5 Å². The van der Waals surface area contributed by atoms with Crippen LogP contribution in [0.2, 0.25) is 0 Å². The van der Waals surface area contributed by atoms with Gasteiger partial charge in [-0.1, -0.05) is 5.92 Å². The van der Waals surface area contributed by atoms with Crippen molar-refractivity contribution in [2.24, 2.45) is 0 Å². The number of piperidine rings is 1. The number of carbonyl (C=O) groups is 1. The molecule has 2 aromatic heterocycles. The van der Waals surface area contributed by atoms with Gasteiger partial charge in [0, 0.05) is 63.1 Å². The van der Waals surface area contributed by atoms with Crippen molar-refractivity contribution in [3.8, 4) is 17.6 Å². The molecule has 1 amide bonds. The summed E-state index contributed by atoms with van der Waals surface area (Å²) in [5, 5.41) is 3.49. The monoisotopic (exact) mass is 517 g/mol. The summed E-state index contributed by atoms with van der Waals surface area (Å²) >= 11 is 0. The molecule has 0 spiro atoms. The van der Waals surface area contributed by atoms with Gasteiger partial charge in [-0.05, 0) is 45.6 Å². The van der Waals surface area contributed by atoms with Crippen molar-refractivity contribution >= 4 is 23.2 Å². The molecule has 4 aliphatic heterocycles. The van der Waals surface area contributed by atoms with Crippen molar-refractivity contribution in [3.63, 3.8) is 0 Å². The Kier molecular flexibility index (Phi) is 6.80. The number of hydrogen-bond acceptors (Lipinski definition) is 9. The van der Waals surface area contributed by atoms with Crippen LogP contribution in [0.5, 0.6) is 5.75 Å². The number of anilines is 3. The summed E-state index contributed by atoms with van der Waals surface area (Å²) in [6.45, 7) is 12.3. The average Bonchev–Trinajstić information content (AvgIpc) is 3.05. The molecule has 2 aromatic rings. The van der Waals surface area contributed by atoms with Crippen LogP contribution < -0.4 is 15.0 Å². The Balaban J connectivity index is 1.16. The number of hydrogen-bond donors (Lipinski definition) is 1. The van der Waals surface area contributed by atoms with E-state index in [1.807, 2.05) is 18.0 Å². The molecule has 0 bridgehead atoms. The molecule has 1 N–H and O–H groups in total. The number of pyridine rings is 1. The van der Waals surface area contributed by atoms with E-state index in [9.17, 15) is 4.79 Å². The summed E-state index contributed by atoms with van der Waals surface area (Å²) in [5.41, 5.74) is 3.01. The number of ether oxygens (including phenoxy) is 2. The van der Waals surface area contributed by atoms with Crippen molar-refractivity contribution in [1.29, 1.82) is 0 Å². The van der Waals surface area contributed by atoms with Crippen molar-refractivity contribution < 1.29 is 14.3 Å². The van der Waals surface area contributed by atoms with Gasteiger partial charge < -0.3 is 24.6 Å². The number of nitrogens with zero attached hydrogens (tertiary/aromatic N) is 6. The molecule has 3 saturated heterocycles. The summed E-state index contributed by atoms with van der Waals surface area (Å²) in [5.74, 6) is 8.60. The van der Waals surface area contributed by atoms with Gasteiger partial charge in [0.25, 0.3) is 5.91 Å². The number of amides is 1. The van der Waals surface area contributed by atoms with Gasteiger partial charge in [-0.3, -0.25) is 9.69 Å². The Bertz CT molecular complexity index is 1270. The van der Waals surface area contributed by atoms with E-state index >= 15 is 0 Å². The topological polar surface area (TPSA) is 96.0 Å². The van der Waals surface area contributed by atoms with Crippen molar-refractivity contribution in [1.82, 2.24) is 24.8 Å². The third kappa shape index (κ3) is 4.65. The molecule has 10 nitrogen and oxygen atoms in total. The molecule has 0 aromatic carbocycles. The average molecular weight is 518 g/mol. The Morgan fingerprint density at radius 1 is 1.11 bits per heavy atom. The molecule has 1 atom stereocenters. The van der Waals surface area contributed by atoms with Crippen molar-refractivity contribution in [2.75, 3.05) is 62.7 Å². The summed E-state index contributed by atoms with van der Waals surface area (Å²) in [4.78, 5) is 33.3. The van der Waals surface area contributed by atoms with E-state index in [1.54, 1.807) is 6.92 Å². The second-order valence-electron chi connectivity index (χ2n) is 10.5. The predicted octanol–water partition coefficient (Wildman–Crippen LogP) is 2.63. The van der Waals surface area contributed by atoms with E-state index in [0.717, 1.165) is 93.9 Å². The lowest BCUT2D eigenvalue weighted by Crippen LogP contribution is -2.55. The summed E-state index contributed by atoms with van der Waals surface area (Å²) in [6.07, 6.45) is 3.61. The lowest BCUT2D eigenvalue weighted by atomic mass is 9.92. The van der Waals surface area contributed by atoms with Crippen molar-refractivity contribution in [2.45, 2.75) is 51.7 Å². The highest BCUT2D eigenvalue weighted by Crippen LogP contribution is 2.43. The van der Waals surface area contributed by atoms with Crippen LogP contribution in [0.15, 0.2) is 12.3 Å². The van der Waals surface area contributed by atoms with Crippen LogP contribution in [-0.4, -0.2) is 89.2 Å². The third-order valence-corrected chi connectivity index (χ3v) is 8.08. The fourth-order valence-electron chi connectivity index (χ4n) is 5.98. The van der Waals surface area contributed by atoms with Gasteiger partial charge in [0.2, 0.25) is 0 Å². The molecule has 0 radical (unpaired) electrons. The van der Waals surface area contributed by atoms with Crippen LogP contribution >= 0.6 is 0 Å². The second-order valence-corrected chi connectivity index (χ2v) is 10.5. The lowest BCUT2D eigenvalue weighted by Gasteiger charge is -2.46. The maximum absolute atomic E-state index is 12.1. The van der Waals surface area contributed by atoms with Gasteiger partial charge in [-0.25, -0.2) is 15.0 Å². The zero-order chi connectivity index (χ0) is 26.2. The van der Waals surface area contributed by atoms with E-state index in [2.05, 4.69) is 44.9 Å². The maximum Gasteiger partial charge on any atom is 0.298 e. The molecule has 6 heterocycles. The molecule has 0 saturated carbocycles. The molecular formula is C28H35N7O3. The third-order valence-electron chi connectivity index (χ3n) is 8.08. The minimum atomic E-state index is -0.196. The first-order chi connectivity index (χ1) is 18.5. The molecule has 3 fully saturated rings. The van der Waals surface area contributed by atoms with E-state index in [4.69, 9.17) is 19.4 Å². The summed E-state index contributed by atoms with van der Waals surface area (Å²) < 4.78 is 12.0. The van der Waals surface area contributed by atoms with Gasteiger partial charge in [-0.15, -0.1) is 0 Å². The zero-order valence-electron chi connectivity index (χ0n) is 22.4. The van der Waals surface area contributed by atoms with E-state index in [-0.39, 0.29) is 17.9 Å². The number of nitrogens with one attached hydrogen (secondary N) is 1. The number of aryl methyl sites for hydroxylation is 1. The molecule has 10 heteroatoms. The minimum absolute atomic E-state index is 0.0570. The van der Waals surface area contributed by atoms with E-state index in [0.29, 0.717) is 17.6 Å². The van der Waals surface area contributed by atoms with E-state index < -0.39 is 0 Å². The zero-order valence-corrected chi connectivity index (χ0v) is 22.4. The predicted molar refractivity (Wildman–Crippen MR) is 144 cm³/mol. The molecule has 200 valence electrons. The number of carbonyl (C=O) groups excluding carboxylic acids is 1. The summed E-state index contributed by atoms with van der Waals surface area (Å²) in [6, 6.07) is 2.55. The Hall–Kier alpha value is -3.42. The first-order valence-electron chi connectivity index (χ1n) is 13.6. The molecular weight excluding hydrogens is 482 g/mol. The fraction of sp³-hybridized carbons (Fsp3) is 0.571. The number of fused-ring (bicyclic) bond motifs is 2. The minimum Gasteiger partial charge on any atom is -0.480 e. The lowest BCUT2D eigenvalue weighted by molar-refractivity contribution is -0.126. The fourth-order valence-corrected chi connectivity index (χ4v) is 5.98. The highest BCUT2D eigenvalue weighted by Gasteiger charge is 2.38. The van der Waals surface area contributed by atoms with Crippen LogP contribution in [0.3, 0.4) is 0 Å². The SMILES string of the molecule is CC#CC(=O)N1CCC(N2CC(c3nc(C)c4c(n3)Nc3nccc(N5CCOCC5)c3[C@@H](C)O4)C2)CC1. The summed E-state index contributed by atoms with van der Waals surface area (Å²) in [7, 11) is 0. The van der Waals surface area contributed by atoms with Crippen LogP contribution in [0.1, 0.15) is 55.8 Å². The van der Waals surface area contributed by atoms with Crippen LogP contribution in [-0.2, 0) is 9.53 Å². The van der Waals surface area contributed by atoms with Crippen LogP contribution in [0.25, 0.3) is 0 Å². The highest BCUT2D eigenvalue weighted by atomic mass is 16.5. The highest BCUT2D eigenvalue weighted by molar-refractivity contribution is 5.93. The van der Waals surface area contributed by atoms with Gasteiger partial charge in [-0.2, -0.15) is 0 Å². The Morgan fingerprint density at radius 2 is 1.87 bits per heavy atom. The Labute approximate surface area is 223 Å². The van der Waals surface area contributed by atoms with Crippen molar-refractivity contribution in [3.05, 3.63) is 29.3 Å². The normalized spacial score (nSPS) is 22.1. The molecule has 0 aliphatic carbocycles. The standard InChI is InChI=1S/C28H35N7O3/c1-4-5-23(36)34-10-7-21(8-11-34)35-16-20(17-35)26-30-18(2)25-28(31-26)32-27-24(19(3)38-25)22(6-9-29-27)33-12-14-37-15-13-33/h6,9,19-21H,7-8,10-17H2,1-3H3,(H,29,30,31,32)/t19-/m1/s1. The van der Waals surface area contributed by atoms with Gasteiger partial charge in [0.15, 0.2) is 11.6 Å². The smallest absolute Gasteiger partial charge is 0.298 e. The largest absolute Gasteiger partial charge is 0.480 e. The van der Waals surface area contributed by atoms with E-state index in [1.165, 1.54) is 0 Å². The molecule has 6 rings (SSSR count). The quantitative estimate of drug-likeness (QED) is 0.617. The maximum atomic E-state index is 12.1. The molecule has 0 unspecified atom stereocenters. The molecule has 38 heavy (non-hydrogen) atoms. The Morgan fingerprint density at radius 3 is 2.61 bits per heavy atom. The second kappa shape index (κ2) is 10.4. The number of morpholine rings is 1.